The molecule has 3 fully saturated rings. The van der Waals surface area contributed by atoms with E-state index in [1.165, 1.54) is 16.0 Å². The minimum atomic E-state index is -1.24. The molecule has 10 nitrogen and oxygen atoms in total. The molecule has 3 unspecified atom stereocenters. The van der Waals surface area contributed by atoms with Gasteiger partial charge in [0.05, 0.1) is 46.4 Å². The average Bonchev–Trinajstić information content (AvgIpc) is 3.50. The van der Waals surface area contributed by atoms with Crippen LogP contribution in [0.4, 0.5) is 10.5 Å². The molecule has 11 heteroatoms. The number of carbonyl (C=O) groups excluding carboxylic acids is 3. The summed E-state index contributed by atoms with van der Waals surface area (Å²) in [6.07, 6.45) is 0.627. The summed E-state index contributed by atoms with van der Waals surface area (Å²) in [4.78, 5) is 47.7. The second kappa shape index (κ2) is 9.72. The maximum atomic E-state index is 14.2. The molecular formula is C30H27ClN4O6. The van der Waals surface area contributed by atoms with Crippen LogP contribution in [0.5, 0.6) is 5.88 Å². The Kier molecular flexibility index (Phi) is 6.40. The fourth-order valence-electron chi connectivity index (χ4n) is 6.58. The largest absolute Gasteiger partial charge is 0.478 e. The van der Waals surface area contributed by atoms with Crippen LogP contribution in [-0.4, -0.2) is 65.8 Å². The first-order valence-electron chi connectivity index (χ1n) is 13.2. The number of hydrogen-bond acceptors (Lipinski definition) is 8. The van der Waals surface area contributed by atoms with Gasteiger partial charge in [-0.25, -0.2) is 14.7 Å². The maximum absolute atomic E-state index is 14.2. The van der Waals surface area contributed by atoms with E-state index < -0.39 is 41.1 Å². The van der Waals surface area contributed by atoms with Crippen LogP contribution in [0.15, 0.2) is 54.7 Å². The highest BCUT2D eigenvalue weighted by molar-refractivity contribution is 6.30. The van der Waals surface area contributed by atoms with Gasteiger partial charge in [-0.2, -0.15) is 5.26 Å². The Balaban J connectivity index is 1.38. The number of hydrogen-bond donors (Lipinski definition) is 0. The number of nitriles is 1. The number of halogens is 1. The van der Waals surface area contributed by atoms with Gasteiger partial charge >= 0.3 is 6.09 Å². The number of pyridine rings is 1. The van der Waals surface area contributed by atoms with Crippen LogP contribution in [0.3, 0.4) is 0 Å². The first-order chi connectivity index (χ1) is 19.6. The molecule has 3 aliphatic rings. The van der Waals surface area contributed by atoms with Crippen LogP contribution in [0.1, 0.15) is 25.3 Å². The summed E-state index contributed by atoms with van der Waals surface area (Å²) in [5.74, 6) is -2.15. The molecule has 0 N–H and O–H groups in total. The van der Waals surface area contributed by atoms with Crippen molar-refractivity contribution in [1.82, 2.24) is 9.88 Å². The number of carbonyl (C=O) groups is 3. The second-order valence-electron chi connectivity index (χ2n) is 11.0. The number of benzene rings is 2. The van der Waals surface area contributed by atoms with E-state index in [9.17, 15) is 19.6 Å². The molecule has 2 bridgehead atoms. The van der Waals surface area contributed by atoms with Gasteiger partial charge in [0.2, 0.25) is 17.7 Å². The van der Waals surface area contributed by atoms with Crippen molar-refractivity contribution in [2.24, 2.45) is 11.8 Å². The Labute approximate surface area is 241 Å². The topological polar surface area (TPSA) is 122 Å². The number of aromatic nitrogens is 1. The van der Waals surface area contributed by atoms with Gasteiger partial charge in [0.15, 0.2) is 0 Å². The zero-order valence-electron chi connectivity index (χ0n) is 22.7. The molecule has 210 valence electrons. The fraction of sp³-hybridized carbons (Fsp3) is 0.367. The van der Waals surface area contributed by atoms with Crippen molar-refractivity contribution in [3.63, 3.8) is 0 Å². The number of nitrogens with zero attached hydrogens (tertiary/aromatic N) is 4. The molecule has 3 saturated heterocycles. The molecule has 3 aromatic rings. The number of ether oxygens (including phenoxy) is 3. The van der Waals surface area contributed by atoms with Crippen molar-refractivity contribution in [3.8, 4) is 11.9 Å². The van der Waals surface area contributed by atoms with Crippen molar-refractivity contribution in [2.45, 2.75) is 37.1 Å². The van der Waals surface area contributed by atoms with E-state index in [1.807, 2.05) is 0 Å². The van der Waals surface area contributed by atoms with Crippen LogP contribution in [0.25, 0.3) is 10.8 Å². The lowest BCUT2D eigenvalue weighted by atomic mass is 9.66. The quantitative estimate of drug-likeness (QED) is 0.399. The molecule has 0 radical (unpaired) electrons. The van der Waals surface area contributed by atoms with Crippen molar-refractivity contribution in [2.75, 3.05) is 25.6 Å². The summed E-state index contributed by atoms with van der Waals surface area (Å²) in [5, 5.41) is 11.3. The van der Waals surface area contributed by atoms with Gasteiger partial charge in [0.25, 0.3) is 0 Å². The van der Waals surface area contributed by atoms with Gasteiger partial charge in [-0.05, 0) is 25.1 Å². The van der Waals surface area contributed by atoms with Crippen molar-refractivity contribution in [1.29, 1.82) is 5.26 Å². The minimum Gasteiger partial charge on any atom is -0.478 e. The van der Waals surface area contributed by atoms with E-state index in [0.29, 0.717) is 32.9 Å². The van der Waals surface area contributed by atoms with E-state index in [4.69, 9.17) is 25.8 Å². The zero-order valence-corrected chi connectivity index (χ0v) is 23.4. The van der Waals surface area contributed by atoms with E-state index in [0.717, 1.165) is 0 Å². The smallest absolute Gasteiger partial charge is 0.409 e. The van der Waals surface area contributed by atoms with Gasteiger partial charge in [-0.15, -0.1) is 0 Å². The van der Waals surface area contributed by atoms with E-state index in [2.05, 4.69) is 11.1 Å². The van der Waals surface area contributed by atoms with E-state index in [-0.39, 0.29) is 25.4 Å². The Morgan fingerprint density at radius 3 is 2.56 bits per heavy atom. The summed E-state index contributed by atoms with van der Waals surface area (Å²) in [6, 6.07) is 15.9. The number of imide groups is 1. The van der Waals surface area contributed by atoms with Crippen molar-refractivity contribution in [3.05, 3.63) is 65.3 Å². The van der Waals surface area contributed by atoms with Crippen LogP contribution < -0.4 is 9.64 Å². The lowest BCUT2D eigenvalue weighted by Gasteiger charge is -2.36. The average molecular weight is 575 g/mol. The third-order valence-corrected chi connectivity index (χ3v) is 8.65. The number of anilines is 1. The van der Waals surface area contributed by atoms with E-state index in [1.54, 1.807) is 69.6 Å². The maximum Gasteiger partial charge on any atom is 0.409 e. The summed E-state index contributed by atoms with van der Waals surface area (Å²) in [5.41, 5.74) is -1.50. The summed E-state index contributed by atoms with van der Waals surface area (Å²) in [7, 11) is 3.15. The molecule has 0 spiro atoms. The summed E-state index contributed by atoms with van der Waals surface area (Å²) >= 11 is 5.93. The van der Waals surface area contributed by atoms with E-state index >= 15 is 0 Å². The molecule has 0 saturated carbocycles. The zero-order chi connectivity index (χ0) is 29.1. The number of rotatable bonds is 6. The summed E-state index contributed by atoms with van der Waals surface area (Å²) < 4.78 is 18.3. The van der Waals surface area contributed by atoms with Crippen LogP contribution in [-0.2, 0) is 19.1 Å². The lowest BCUT2D eigenvalue weighted by Crippen LogP contribution is -2.52. The Morgan fingerprint density at radius 2 is 1.88 bits per heavy atom. The summed E-state index contributed by atoms with van der Waals surface area (Å²) in [6.45, 7) is 1.88. The van der Waals surface area contributed by atoms with Gasteiger partial charge in [0, 0.05) is 50.0 Å². The lowest BCUT2D eigenvalue weighted by molar-refractivity contribution is -0.134. The number of fused-ring (bicyclic) bond motifs is 6. The molecule has 3 aliphatic heterocycles. The molecule has 0 aliphatic carbocycles. The SMILES string of the molecule is CN(C)C(=O)O[C@H]1CC2(CCOc3ccc(Cl)cn3)OC1(C)C1C(=O)N(c3ccc(C#N)c4ccccc34)C(=O)[C@@H]12. The monoisotopic (exact) mass is 574 g/mol. The van der Waals surface area contributed by atoms with Crippen molar-refractivity contribution < 1.29 is 28.6 Å². The van der Waals surface area contributed by atoms with Crippen molar-refractivity contribution >= 4 is 46.0 Å². The Bertz CT molecular complexity index is 1620. The van der Waals surface area contributed by atoms with Gasteiger partial charge < -0.3 is 19.1 Å². The molecule has 41 heavy (non-hydrogen) atoms. The van der Waals surface area contributed by atoms with Gasteiger partial charge in [-0.1, -0.05) is 35.9 Å². The van der Waals surface area contributed by atoms with Crippen LogP contribution in [0.2, 0.25) is 5.02 Å². The highest BCUT2D eigenvalue weighted by Gasteiger charge is 2.78. The fourth-order valence-corrected chi connectivity index (χ4v) is 6.69. The highest BCUT2D eigenvalue weighted by Crippen LogP contribution is 2.63. The molecule has 3 amide bonds. The predicted molar refractivity (Wildman–Crippen MR) is 148 cm³/mol. The minimum absolute atomic E-state index is 0.142. The Hall–Kier alpha value is -4.20. The van der Waals surface area contributed by atoms with Crippen LogP contribution >= 0.6 is 11.6 Å². The number of amides is 3. The molecule has 1 aromatic heterocycles. The molecule has 4 heterocycles. The van der Waals surface area contributed by atoms with Crippen LogP contribution in [0, 0.1) is 23.2 Å². The molecular weight excluding hydrogens is 548 g/mol. The third kappa shape index (κ3) is 4.11. The normalized spacial score (nSPS) is 28.1. The van der Waals surface area contributed by atoms with Gasteiger partial charge in [0.1, 0.15) is 11.7 Å². The molecule has 2 aromatic carbocycles. The molecule has 5 atom stereocenters. The standard InChI is InChI=1S/C30H27ClN4O6/c1-29-22(40-28(38)34(2)3)14-30(41-29,12-13-39-23-11-9-18(31)16-33-23)25-24(29)26(36)35(27(25)37)21-10-8-17(15-32)19-6-4-5-7-20(19)21/h4-11,16,22,24-25H,12-14H2,1-3H3/t22-,24?,25+,29?,30?/m0/s1. The first-order valence-corrected chi connectivity index (χ1v) is 13.6. The Morgan fingerprint density at radius 1 is 1.15 bits per heavy atom. The highest BCUT2D eigenvalue weighted by atomic mass is 35.5. The predicted octanol–water partition coefficient (Wildman–Crippen LogP) is 4.33. The second-order valence-corrected chi connectivity index (χ2v) is 11.4. The molecule has 6 rings (SSSR count). The first kappa shape index (κ1) is 27.0. The third-order valence-electron chi connectivity index (χ3n) is 8.43. The van der Waals surface area contributed by atoms with Gasteiger partial charge in [-0.3, -0.25) is 9.59 Å².